The molecule has 5 unspecified atom stereocenters. The van der Waals surface area contributed by atoms with Crippen LogP contribution in [0, 0.1) is 5.92 Å². The third-order valence-electron chi connectivity index (χ3n) is 7.74. The lowest BCUT2D eigenvalue weighted by molar-refractivity contribution is -0.154. The van der Waals surface area contributed by atoms with Crippen LogP contribution < -0.4 is 20.1 Å². The number of esters is 1. The van der Waals surface area contributed by atoms with Gasteiger partial charge in [-0.25, -0.2) is 10.1 Å². The van der Waals surface area contributed by atoms with Crippen LogP contribution >= 0.6 is 8.53 Å². The molecule has 6 rings (SSSR count). The molecule has 2 fully saturated rings. The van der Waals surface area contributed by atoms with Crippen LogP contribution in [0.4, 0.5) is 5.95 Å². The summed E-state index contributed by atoms with van der Waals surface area (Å²) in [6.45, 7) is 5.26. The molecule has 3 N–H and O–H groups in total. The number of aromatic nitrogens is 4. The van der Waals surface area contributed by atoms with Gasteiger partial charge in [0.25, 0.3) is 0 Å². The number of ether oxygens (including phenoxy) is 4. The molecular weight excluding hydrogens is 587 g/mol. The number of carbonyl (C=O) groups excluding carboxylic acids is 1. The third-order valence-corrected chi connectivity index (χ3v) is 9.08. The summed E-state index contributed by atoms with van der Waals surface area (Å²) in [7, 11) is -0.248. The van der Waals surface area contributed by atoms with E-state index >= 15 is 0 Å². The van der Waals surface area contributed by atoms with Crippen molar-refractivity contribution < 1.29 is 32.8 Å². The zero-order valence-corrected chi connectivity index (χ0v) is 25.8. The zero-order valence-electron chi connectivity index (χ0n) is 24.9. The molecule has 2 saturated heterocycles. The van der Waals surface area contributed by atoms with Crippen molar-refractivity contribution in [3.05, 3.63) is 48.8 Å². The molecule has 0 aliphatic carbocycles. The van der Waals surface area contributed by atoms with Gasteiger partial charge in [0.2, 0.25) is 11.8 Å². The molecule has 0 bridgehead atoms. The van der Waals surface area contributed by atoms with Crippen LogP contribution in [0.1, 0.15) is 39.3 Å². The maximum absolute atomic E-state index is 13.0. The lowest BCUT2D eigenvalue weighted by Crippen LogP contribution is -2.37. The van der Waals surface area contributed by atoms with Gasteiger partial charge in [-0.3, -0.25) is 9.36 Å². The molecule has 2 aromatic heterocycles. The molecule has 0 radical (unpaired) electrons. The molecule has 44 heavy (non-hydrogen) atoms. The van der Waals surface area contributed by atoms with Crippen molar-refractivity contribution in [2.75, 3.05) is 32.7 Å². The second-order valence-corrected chi connectivity index (χ2v) is 12.2. The minimum atomic E-state index is -1.76. The predicted molar refractivity (Wildman–Crippen MR) is 164 cm³/mol. The largest absolute Gasteiger partial charge is 0.479 e. The number of fused-ring (bicyclic) bond motifs is 2. The average molecular weight is 625 g/mol. The molecule has 4 heterocycles. The molecule has 0 saturated carbocycles. The summed E-state index contributed by atoms with van der Waals surface area (Å²) in [4.78, 5) is 25.9. The first-order valence-corrected chi connectivity index (χ1v) is 15.9. The Morgan fingerprint density at radius 1 is 1.18 bits per heavy atom. The minimum absolute atomic E-state index is 0.0911. The van der Waals surface area contributed by atoms with Gasteiger partial charge in [-0.15, -0.1) is 0 Å². The summed E-state index contributed by atoms with van der Waals surface area (Å²) in [5.41, 5.74) is 6.96. The van der Waals surface area contributed by atoms with E-state index in [2.05, 4.69) is 27.0 Å². The monoisotopic (exact) mass is 624 g/mol. The lowest BCUT2D eigenvalue weighted by atomic mass is 10.1. The first-order chi connectivity index (χ1) is 21.4. The zero-order chi connectivity index (χ0) is 30.6. The van der Waals surface area contributed by atoms with Crippen molar-refractivity contribution in [3.63, 3.8) is 0 Å². The SMILES string of the molecule is COc1nc(N)nc2c1ncn2C1OC(COP(NC(C)C(=O)OC2CCOCC2)Oc2cccc3ccccc23)CC1C. The van der Waals surface area contributed by atoms with Crippen LogP contribution in [0.15, 0.2) is 48.8 Å². The first-order valence-electron chi connectivity index (χ1n) is 14.7. The number of carbonyl (C=O) groups is 1. The maximum atomic E-state index is 13.0. The molecular formula is C30H37N6O7P. The molecule has 14 heteroatoms. The Kier molecular flexibility index (Phi) is 9.39. The summed E-state index contributed by atoms with van der Waals surface area (Å²) < 4.78 is 37.5. The Bertz CT molecular complexity index is 1590. The number of methoxy groups -OCH3 is 1. The number of imidazole rings is 1. The molecule has 2 aliphatic rings. The van der Waals surface area contributed by atoms with Crippen LogP contribution in [0.2, 0.25) is 0 Å². The van der Waals surface area contributed by atoms with Crippen LogP contribution in [0.5, 0.6) is 11.6 Å². The number of hydrogen-bond donors (Lipinski definition) is 2. The van der Waals surface area contributed by atoms with E-state index in [0.717, 1.165) is 17.2 Å². The highest BCUT2D eigenvalue weighted by Crippen LogP contribution is 2.42. The fraction of sp³-hybridized carbons (Fsp3) is 0.467. The van der Waals surface area contributed by atoms with Gasteiger partial charge >= 0.3 is 14.5 Å². The third kappa shape index (κ3) is 6.72. The first kappa shape index (κ1) is 30.4. The van der Waals surface area contributed by atoms with Crippen molar-refractivity contribution in [1.29, 1.82) is 0 Å². The average Bonchev–Trinajstić information content (AvgIpc) is 3.62. The standard InChI is InChI=1S/C30H37N6O7P/c1-18-15-22(41-28(18)36-17-32-25-26(36)33-30(31)34-27(25)38-3)16-40-44(35-19(2)29(37)42-21-11-13-39-14-12-21)43-24-10-6-8-20-7-4-5-9-23(20)24/h4-10,17-19,21-22,28,35H,11-16H2,1-3H3,(H2,31,33,34). The number of rotatable bonds is 11. The van der Waals surface area contributed by atoms with E-state index in [1.807, 2.05) is 47.0 Å². The molecule has 4 aromatic rings. The Balaban J connectivity index is 1.16. The Hall–Kier alpha value is -3.61. The second kappa shape index (κ2) is 13.6. The van der Waals surface area contributed by atoms with Crippen LogP contribution in [0.3, 0.4) is 0 Å². The Morgan fingerprint density at radius 3 is 2.80 bits per heavy atom. The topological polar surface area (TPSA) is 154 Å². The van der Waals surface area contributed by atoms with Gasteiger partial charge in [0.05, 0.1) is 39.4 Å². The van der Waals surface area contributed by atoms with Crippen LogP contribution in [-0.4, -0.2) is 70.7 Å². The van der Waals surface area contributed by atoms with E-state index in [4.69, 9.17) is 33.7 Å². The van der Waals surface area contributed by atoms with Gasteiger partial charge in [-0.1, -0.05) is 43.3 Å². The van der Waals surface area contributed by atoms with E-state index in [0.29, 0.717) is 48.8 Å². The number of benzene rings is 2. The highest BCUT2D eigenvalue weighted by molar-refractivity contribution is 7.45. The number of nitrogen functional groups attached to an aromatic ring is 1. The number of nitrogens with one attached hydrogen (secondary N) is 1. The van der Waals surface area contributed by atoms with Crippen molar-refractivity contribution in [3.8, 4) is 11.6 Å². The van der Waals surface area contributed by atoms with E-state index in [9.17, 15) is 4.79 Å². The number of nitrogens with zero attached hydrogens (tertiary/aromatic N) is 4. The predicted octanol–water partition coefficient (Wildman–Crippen LogP) is 4.52. The summed E-state index contributed by atoms with van der Waals surface area (Å²) in [5, 5.41) is 5.22. The van der Waals surface area contributed by atoms with E-state index < -0.39 is 14.6 Å². The van der Waals surface area contributed by atoms with E-state index in [1.54, 1.807) is 13.3 Å². The van der Waals surface area contributed by atoms with Crippen LogP contribution in [0.25, 0.3) is 21.9 Å². The summed E-state index contributed by atoms with van der Waals surface area (Å²) in [6, 6.07) is 13.1. The van der Waals surface area contributed by atoms with Crippen LogP contribution in [-0.2, 0) is 23.5 Å². The Labute approximate surface area is 256 Å². The minimum Gasteiger partial charge on any atom is -0.479 e. The number of hydrogen-bond acceptors (Lipinski definition) is 12. The van der Waals surface area contributed by atoms with Gasteiger partial charge < -0.3 is 33.7 Å². The summed E-state index contributed by atoms with van der Waals surface area (Å²) >= 11 is 0. The molecule has 5 atom stereocenters. The lowest BCUT2D eigenvalue weighted by Gasteiger charge is -2.26. The molecule has 2 aliphatic heterocycles. The summed E-state index contributed by atoms with van der Waals surface area (Å²) in [6.07, 6.45) is 3.01. The molecule has 0 spiro atoms. The maximum Gasteiger partial charge on any atom is 0.323 e. The Morgan fingerprint density at radius 2 is 1.98 bits per heavy atom. The fourth-order valence-corrected chi connectivity index (χ4v) is 6.72. The highest BCUT2D eigenvalue weighted by Gasteiger charge is 2.36. The molecule has 13 nitrogen and oxygen atoms in total. The molecule has 234 valence electrons. The van der Waals surface area contributed by atoms with Crippen molar-refractivity contribution in [2.45, 2.75) is 57.6 Å². The quantitative estimate of drug-likeness (QED) is 0.178. The van der Waals surface area contributed by atoms with Gasteiger partial charge in [0.1, 0.15) is 24.1 Å². The van der Waals surface area contributed by atoms with Crippen molar-refractivity contribution in [2.24, 2.45) is 5.92 Å². The smallest absolute Gasteiger partial charge is 0.323 e. The fourth-order valence-electron chi connectivity index (χ4n) is 5.48. The second-order valence-electron chi connectivity index (χ2n) is 11.0. The van der Waals surface area contributed by atoms with Gasteiger partial charge in [0, 0.05) is 24.1 Å². The van der Waals surface area contributed by atoms with Gasteiger partial charge in [-0.05, 0) is 24.8 Å². The molecule has 0 amide bonds. The summed E-state index contributed by atoms with van der Waals surface area (Å²) in [5.74, 6) is 0.817. The van der Waals surface area contributed by atoms with Gasteiger partial charge in [0.15, 0.2) is 11.2 Å². The number of anilines is 1. The molecule has 2 aromatic carbocycles. The van der Waals surface area contributed by atoms with E-state index in [-0.39, 0.29) is 42.9 Å². The highest BCUT2D eigenvalue weighted by atomic mass is 31.2. The normalized spacial score (nSPS) is 22.2. The number of nitrogens with two attached hydrogens (primary N) is 1. The van der Waals surface area contributed by atoms with E-state index in [1.165, 1.54) is 7.11 Å². The van der Waals surface area contributed by atoms with Gasteiger partial charge in [-0.2, -0.15) is 9.97 Å². The van der Waals surface area contributed by atoms with Crippen molar-refractivity contribution >= 4 is 42.4 Å². The van der Waals surface area contributed by atoms with Crippen molar-refractivity contribution in [1.82, 2.24) is 24.6 Å².